The molecule has 162 valence electrons. The van der Waals surface area contributed by atoms with Gasteiger partial charge in [0.05, 0.1) is 5.56 Å². The number of aromatic nitrogens is 1. The van der Waals surface area contributed by atoms with Crippen molar-refractivity contribution in [3.63, 3.8) is 0 Å². The Morgan fingerprint density at radius 1 is 1.16 bits per heavy atom. The molecule has 0 radical (unpaired) electrons. The Kier molecular flexibility index (Phi) is 6.92. The molecule has 1 aliphatic carbocycles. The van der Waals surface area contributed by atoms with E-state index in [4.69, 9.17) is 4.98 Å². The van der Waals surface area contributed by atoms with Gasteiger partial charge in [0.1, 0.15) is 11.1 Å². The third kappa shape index (κ3) is 5.03. The maximum atomic E-state index is 12.5. The molecular formula is C27H27N3OS. The number of rotatable bonds is 6. The monoisotopic (exact) mass is 441 g/mol. The van der Waals surface area contributed by atoms with Crippen LogP contribution in [0.1, 0.15) is 52.3 Å². The number of para-hydroxylation sites is 1. The number of hydrogen-bond donors (Lipinski definition) is 1. The van der Waals surface area contributed by atoms with Crippen LogP contribution in [0, 0.1) is 25.2 Å². The van der Waals surface area contributed by atoms with Crippen LogP contribution in [-0.2, 0) is 17.6 Å². The van der Waals surface area contributed by atoms with Crippen molar-refractivity contribution in [2.24, 2.45) is 0 Å². The number of nitrogens with one attached hydrogen (secondary N) is 1. The number of amides is 1. The first-order valence-electron chi connectivity index (χ1n) is 11.0. The molecule has 1 atom stereocenters. The molecule has 0 aliphatic heterocycles. The zero-order valence-electron chi connectivity index (χ0n) is 18.5. The number of nitriles is 1. The summed E-state index contributed by atoms with van der Waals surface area (Å²) >= 11 is 1.49. The molecule has 0 saturated heterocycles. The number of aryl methyl sites for hydroxylation is 3. The van der Waals surface area contributed by atoms with Gasteiger partial charge in [-0.15, -0.1) is 11.8 Å². The summed E-state index contributed by atoms with van der Waals surface area (Å²) in [5.41, 5.74) is 7.24. The highest BCUT2D eigenvalue weighted by molar-refractivity contribution is 7.99. The number of carbonyl (C=O) groups is 1. The topological polar surface area (TPSA) is 65.8 Å². The van der Waals surface area contributed by atoms with E-state index < -0.39 is 0 Å². The second kappa shape index (κ2) is 10.0. The predicted octanol–water partition coefficient (Wildman–Crippen LogP) is 5.96. The number of benzene rings is 2. The Balaban J connectivity index is 1.40. The zero-order valence-corrected chi connectivity index (χ0v) is 19.3. The number of carbonyl (C=O) groups excluding carboxylic acids is 1. The molecule has 1 N–H and O–H groups in total. The van der Waals surface area contributed by atoms with Gasteiger partial charge in [-0.2, -0.15) is 5.26 Å². The van der Waals surface area contributed by atoms with Crippen LogP contribution in [0.25, 0.3) is 0 Å². The van der Waals surface area contributed by atoms with Crippen LogP contribution in [0.4, 0.5) is 5.69 Å². The fraction of sp³-hybridized carbons (Fsp3) is 0.296. The molecule has 4 nitrogen and oxygen atoms in total. The normalized spacial score (nSPS) is 15.0. The fourth-order valence-corrected chi connectivity index (χ4v) is 5.21. The maximum Gasteiger partial charge on any atom is 0.225 e. The summed E-state index contributed by atoms with van der Waals surface area (Å²) in [6.07, 6.45) is 3.28. The molecule has 0 saturated carbocycles. The Hall–Kier alpha value is -3.10. The molecular weight excluding hydrogens is 414 g/mol. The molecule has 4 rings (SSSR count). The van der Waals surface area contributed by atoms with E-state index in [1.807, 2.05) is 44.2 Å². The smallest absolute Gasteiger partial charge is 0.225 e. The summed E-state index contributed by atoms with van der Waals surface area (Å²) in [6, 6.07) is 20.9. The van der Waals surface area contributed by atoms with Crippen LogP contribution in [0.5, 0.6) is 0 Å². The predicted molar refractivity (Wildman–Crippen MR) is 130 cm³/mol. The highest BCUT2D eigenvalue weighted by Gasteiger charge is 2.23. The summed E-state index contributed by atoms with van der Waals surface area (Å²) in [5.74, 6) is 1.05. The lowest BCUT2D eigenvalue weighted by Crippen LogP contribution is -2.16. The van der Waals surface area contributed by atoms with E-state index in [1.54, 1.807) is 0 Å². The van der Waals surface area contributed by atoms with E-state index in [0.717, 1.165) is 46.8 Å². The first kappa shape index (κ1) is 22.1. The molecule has 1 aliphatic rings. The molecule has 1 amide bonds. The van der Waals surface area contributed by atoms with Crippen molar-refractivity contribution in [3.8, 4) is 6.07 Å². The third-order valence-corrected chi connectivity index (χ3v) is 7.05. The lowest BCUT2D eigenvalue weighted by molar-refractivity contribution is -0.115. The van der Waals surface area contributed by atoms with Gasteiger partial charge < -0.3 is 5.32 Å². The van der Waals surface area contributed by atoms with Crippen molar-refractivity contribution in [1.82, 2.24) is 4.98 Å². The summed E-state index contributed by atoms with van der Waals surface area (Å²) in [7, 11) is 0. The molecule has 32 heavy (non-hydrogen) atoms. The summed E-state index contributed by atoms with van der Waals surface area (Å²) in [6.45, 7) is 3.99. The number of pyridine rings is 1. The highest BCUT2D eigenvalue weighted by Crippen LogP contribution is 2.34. The van der Waals surface area contributed by atoms with Gasteiger partial charge in [0, 0.05) is 23.6 Å². The first-order chi connectivity index (χ1) is 15.5. The summed E-state index contributed by atoms with van der Waals surface area (Å²) in [5, 5.41) is 13.5. The molecule has 1 heterocycles. The van der Waals surface area contributed by atoms with Crippen LogP contribution in [0.3, 0.4) is 0 Å². The minimum absolute atomic E-state index is 0.0166. The van der Waals surface area contributed by atoms with Gasteiger partial charge in [-0.1, -0.05) is 48.5 Å². The minimum atomic E-state index is -0.0166. The molecule has 1 aromatic heterocycles. The van der Waals surface area contributed by atoms with Gasteiger partial charge in [0.2, 0.25) is 5.91 Å². The lowest BCUT2D eigenvalue weighted by Gasteiger charge is -2.25. The fourth-order valence-electron chi connectivity index (χ4n) is 4.30. The van der Waals surface area contributed by atoms with Gasteiger partial charge in [-0.3, -0.25) is 4.79 Å². The number of anilines is 1. The Morgan fingerprint density at radius 2 is 1.91 bits per heavy atom. The average molecular weight is 442 g/mol. The van der Waals surface area contributed by atoms with E-state index in [2.05, 4.69) is 35.7 Å². The SMILES string of the molecule is Cc1cccc(C)c1NC(=O)CCSc1nc2c(cc1C#N)CC(c1ccccc1)CC2. The van der Waals surface area contributed by atoms with Gasteiger partial charge >= 0.3 is 0 Å². The van der Waals surface area contributed by atoms with E-state index in [1.165, 1.54) is 22.9 Å². The number of hydrogen-bond acceptors (Lipinski definition) is 4. The number of nitrogens with zero attached hydrogens (tertiary/aromatic N) is 2. The second-order valence-corrected chi connectivity index (χ2v) is 9.41. The molecule has 3 aromatic rings. The van der Waals surface area contributed by atoms with Crippen LogP contribution < -0.4 is 5.32 Å². The van der Waals surface area contributed by atoms with Crippen LogP contribution in [-0.4, -0.2) is 16.6 Å². The molecule has 0 fully saturated rings. The summed E-state index contributed by atoms with van der Waals surface area (Å²) in [4.78, 5) is 17.3. The van der Waals surface area contributed by atoms with Gasteiger partial charge in [0.25, 0.3) is 0 Å². The molecule has 2 aromatic carbocycles. The Bertz CT molecular complexity index is 1150. The third-order valence-electron chi connectivity index (χ3n) is 6.06. The molecule has 1 unspecified atom stereocenters. The standard InChI is InChI=1S/C27H27N3OS/c1-18-7-6-8-19(2)26(18)30-25(31)13-14-32-27-23(17-28)16-22-15-21(11-12-24(22)29-27)20-9-4-3-5-10-20/h3-10,16,21H,11-15H2,1-2H3,(H,30,31). The summed E-state index contributed by atoms with van der Waals surface area (Å²) < 4.78 is 0. The Labute approximate surface area is 194 Å². The van der Waals surface area contributed by atoms with E-state index in [0.29, 0.717) is 23.7 Å². The first-order valence-corrected chi connectivity index (χ1v) is 12.0. The van der Waals surface area contributed by atoms with Crippen molar-refractivity contribution in [3.05, 3.63) is 88.1 Å². The van der Waals surface area contributed by atoms with E-state index >= 15 is 0 Å². The van der Waals surface area contributed by atoms with Crippen LogP contribution in [0.2, 0.25) is 0 Å². The number of thioether (sulfide) groups is 1. The minimum Gasteiger partial charge on any atom is -0.326 e. The lowest BCUT2D eigenvalue weighted by atomic mass is 9.82. The number of fused-ring (bicyclic) bond motifs is 1. The molecule has 0 bridgehead atoms. The van der Waals surface area contributed by atoms with Gasteiger partial charge in [0.15, 0.2) is 0 Å². The van der Waals surface area contributed by atoms with E-state index in [-0.39, 0.29) is 5.91 Å². The van der Waals surface area contributed by atoms with Crippen molar-refractivity contribution in [1.29, 1.82) is 5.26 Å². The van der Waals surface area contributed by atoms with E-state index in [9.17, 15) is 10.1 Å². The Morgan fingerprint density at radius 3 is 2.62 bits per heavy atom. The van der Waals surface area contributed by atoms with Crippen molar-refractivity contribution in [2.75, 3.05) is 11.1 Å². The quantitative estimate of drug-likeness (QED) is 0.479. The molecule has 0 spiro atoms. The van der Waals surface area contributed by atoms with Crippen molar-refractivity contribution in [2.45, 2.75) is 50.5 Å². The average Bonchev–Trinajstić information content (AvgIpc) is 2.81. The van der Waals surface area contributed by atoms with Crippen molar-refractivity contribution < 1.29 is 4.79 Å². The van der Waals surface area contributed by atoms with Crippen LogP contribution >= 0.6 is 11.8 Å². The zero-order chi connectivity index (χ0) is 22.5. The van der Waals surface area contributed by atoms with Crippen molar-refractivity contribution >= 4 is 23.4 Å². The van der Waals surface area contributed by atoms with Gasteiger partial charge in [-0.25, -0.2) is 4.98 Å². The highest BCUT2D eigenvalue weighted by atomic mass is 32.2. The van der Waals surface area contributed by atoms with Crippen LogP contribution in [0.15, 0.2) is 59.6 Å². The molecule has 5 heteroatoms. The van der Waals surface area contributed by atoms with Gasteiger partial charge in [-0.05, 0) is 67.3 Å². The largest absolute Gasteiger partial charge is 0.326 e. The maximum absolute atomic E-state index is 12.5. The second-order valence-electron chi connectivity index (χ2n) is 8.32.